The van der Waals surface area contributed by atoms with Crippen LogP contribution in [-0.4, -0.2) is 25.6 Å². The number of benzene rings is 1. The van der Waals surface area contributed by atoms with E-state index in [0.29, 0.717) is 12.2 Å². The lowest BCUT2D eigenvalue weighted by atomic mass is 9.96. The van der Waals surface area contributed by atoms with Crippen molar-refractivity contribution in [2.75, 3.05) is 25.5 Å². The third-order valence-electron chi connectivity index (χ3n) is 3.67. The molecule has 23 heavy (non-hydrogen) atoms. The predicted octanol–water partition coefficient (Wildman–Crippen LogP) is 3.26. The SMILES string of the molecule is C=C/C1=C(C=C)/C(N(C)N)=C(/N)c2ccccc2N(C)C1.CC. The molecule has 0 radical (unpaired) electrons. The summed E-state index contributed by atoms with van der Waals surface area (Å²) in [5.41, 5.74) is 11.8. The maximum Gasteiger partial charge on any atom is 0.0826 e. The van der Waals surface area contributed by atoms with Crippen molar-refractivity contribution < 1.29 is 0 Å². The molecule has 0 atom stereocenters. The zero-order chi connectivity index (χ0) is 17.6. The molecule has 0 spiro atoms. The van der Waals surface area contributed by atoms with Crippen molar-refractivity contribution in [3.63, 3.8) is 0 Å². The molecule has 0 saturated heterocycles. The average molecular weight is 312 g/mol. The van der Waals surface area contributed by atoms with Gasteiger partial charge in [0.25, 0.3) is 0 Å². The Bertz CT molecular complexity index is 639. The van der Waals surface area contributed by atoms with E-state index in [0.717, 1.165) is 28.1 Å². The summed E-state index contributed by atoms with van der Waals surface area (Å²) in [6, 6.07) is 8.03. The quantitative estimate of drug-likeness (QED) is 0.664. The first-order valence-corrected chi connectivity index (χ1v) is 7.78. The predicted molar refractivity (Wildman–Crippen MR) is 102 cm³/mol. The number of fused-ring (bicyclic) bond motifs is 1. The zero-order valence-corrected chi connectivity index (χ0v) is 14.6. The summed E-state index contributed by atoms with van der Waals surface area (Å²) in [5.74, 6) is 6.02. The second-order valence-corrected chi connectivity index (χ2v) is 5.09. The van der Waals surface area contributed by atoms with Crippen molar-refractivity contribution in [2.45, 2.75) is 13.8 Å². The highest BCUT2D eigenvalue weighted by atomic mass is 15.4. The van der Waals surface area contributed by atoms with Crippen molar-refractivity contribution in [1.29, 1.82) is 0 Å². The van der Waals surface area contributed by atoms with Crippen molar-refractivity contribution in [3.8, 4) is 0 Å². The van der Waals surface area contributed by atoms with E-state index in [-0.39, 0.29) is 0 Å². The number of nitrogens with two attached hydrogens (primary N) is 2. The Kier molecular flexibility index (Phi) is 6.66. The van der Waals surface area contributed by atoms with Crippen LogP contribution < -0.4 is 16.5 Å². The highest BCUT2D eigenvalue weighted by Gasteiger charge is 2.21. The van der Waals surface area contributed by atoms with Gasteiger partial charge in [0.05, 0.1) is 11.4 Å². The molecule has 0 aliphatic carbocycles. The van der Waals surface area contributed by atoms with Gasteiger partial charge < -0.3 is 15.6 Å². The molecule has 0 saturated carbocycles. The summed E-state index contributed by atoms with van der Waals surface area (Å²) >= 11 is 0. The number of nitrogens with zero attached hydrogens (tertiary/aromatic N) is 2. The lowest BCUT2D eigenvalue weighted by molar-refractivity contribution is 0.451. The summed E-state index contributed by atoms with van der Waals surface area (Å²) < 4.78 is 0. The molecule has 0 amide bonds. The lowest BCUT2D eigenvalue weighted by Gasteiger charge is -2.30. The van der Waals surface area contributed by atoms with Gasteiger partial charge in [-0.05, 0) is 11.6 Å². The fourth-order valence-corrected chi connectivity index (χ4v) is 2.67. The number of likely N-dealkylation sites (N-methyl/N-ethyl adjacent to an activating group) is 2. The van der Waals surface area contributed by atoms with Crippen LogP contribution in [0.4, 0.5) is 5.69 Å². The third-order valence-corrected chi connectivity index (χ3v) is 3.67. The van der Waals surface area contributed by atoms with E-state index < -0.39 is 0 Å². The molecule has 0 fully saturated rings. The molecular formula is C19H28N4. The van der Waals surface area contributed by atoms with Crippen LogP contribution in [0.5, 0.6) is 0 Å². The Morgan fingerprint density at radius 2 is 1.78 bits per heavy atom. The smallest absolute Gasteiger partial charge is 0.0826 e. The van der Waals surface area contributed by atoms with Gasteiger partial charge >= 0.3 is 0 Å². The summed E-state index contributed by atoms with van der Waals surface area (Å²) in [7, 11) is 3.81. The number of hydrazine groups is 1. The Hall–Kier alpha value is -2.46. The van der Waals surface area contributed by atoms with Crippen LogP contribution in [0, 0.1) is 0 Å². The second kappa shape index (κ2) is 8.25. The molecule has 1 aromatic carbocycles. The van der Waals surface area contributed by atoms with E-state index >= 15 is 0 Å². The van der Waals surface area contributed by atoms with Gasteiger partial charge in [0.15, 0.2) is 0 Å². The molecular weight excluding hydrogens is 284 g/mol. The van der Waals surface area contributed by atoms with E-state index in [2.05, 4.69) is 24.1 Å². The minimum Gasteiger partial charge on any atom is -0.396 e. The van der Waals surface area contributed by atoms with E-state index in [1.165, 1.54) is 5.01 Å². The van der Waals surface area contributed by atoms with Crippen LogP contribution in [0.25, 0.3) is 5.70 Å². The molecule has 4 N–H and O–H groups in total. The first-order valence-electron chi connectivity index (χ1n) is 7.78. The molecule has 1 heterocycles. The maximum atomic E-state index is 6.42. The molecule has 2 rings (SSSR count). The minimum atomic E-state index is 0.636. The van der Waals surface area contributed by atoms with Crippen molar-refractivity contribution in [1.82, 2.24) is 5.01 Å². The Labute approximate surface area is 140 Å². The number of rotatable bonds is 3. The van der Waals surface area contributed by atoms with Gasteiger partial charge in [0.1, 0.15) is 0 Å². The second-order valence-electron chi connectivity index (χ2n) is 5.09. The molecule has 1 aliphatic rings. The summed E-state index contributed by atoms with van der Waals surface area (Å²) in [6.07, 6.45) is 3.61. The van der Waals surface area contributed by atoms with Crippen molar-refractivity contribution >= 4 is 11.4 Å². The number of hydrogen-bond acceptors (Lipinski definition) is 4. The van der Waals surface area contributed by atoms with Gasteiger partial charge in [-0.2, -0.15) is 0 Å². The fraction of sp³-hybridized carbons (Fsp3) is 0.263. The first-order chi connectivity index (χ1) is 11.0. The van der Waals surface area contributed by atoms with Crippen LogP contribution in [-0.2, 0) is 0 Å². The highest BCUT2D eigenvalue weighted by Crippen LogP contribution is 2.33. The summed E-state index contributed by atoms with van der Waals surface area (Å²) in [4.78, 5) is 2.15. The van der Waals surface area contributed by atoms with Gasteiger partial charge in [-0.25, -0.2) is 5.84 Å². The van der Waals surface area contributed by atoms with E-state index in [1.807, 2.05) is 45.2 Å². The van der Waals surface area contributed by atoms with Gasteiger partial charge in [0.2, 0.25) is 0 Å². The van der Waals surface area contributed by atoms with Crippen molar-refractivity contribution in [3.05, 3.63) is 72.0 Å². The van der Waals surface area contributed by atoms with Crippen LogP contribution >= 0.6 is 0 Å². The first kappa shape index (κ1) is 18.6. The van der Waals surface area contributed by atoms with E-state index in [1.54, 1.807) is 13.1 Å². The van der Waals surface area contributed by atoms with E-state index in [9.17, 15) is 0 Å². The maximum absolute atomic E-state index is 6.42. The summed E-state index contributed by atoms with van der Waals surface area (Å²) in [6.45, 7) is 12.5. The normalized spacial score (nSPS) is 20.5. The fourth-order valence-electron chi connectivity index (χ4n) is 2.67. The molecule has 0 aromatic heterocycles. The average Bonchev–Trinajstić information content (AvgIpc) is 2.57. The largest absolute Gasteiger partial charge is 0.396 e. The molecule has 1 aliphatic heterocycles. The van der Waals surface area contributed by atoms with Crippen LogP contribution in [0.2, 0.25) is 0 Å². The Balaban J connectivity index is 0.00000127. The molecule has 1 aromatic rings. The molecule has 4 nitrogen and oxygen atoms in total. The van der Waals surface area contributed by atoms with Crippen LogP contribution in [0.15, 0.2) is 66.4 Å². The standard InChI is InChI=1S/C17H22N4.C2H6/c1-5-12-11-20(3)15-10-8-7-9-14(15)16(18)17(21(4)19)13(12)6-2;1-2/h5-10H,1-2,11,18-19H2,3-4H3;1-2H3/b13-12-,17-16-;. The zero-order valence-electron chi connectivity index (χ0n) is 14.6. The van der Waals surface area contributed by atoms with Crippen molar-refractivity contribution in [2.24, 2.45) is 11.6 Å². The van der Waals surface area contributed by atoms with Gasteiger partial charge in [0, 0.05) is 37.5 Å². The number of hydrogen-bond donors (Lipinski definition) is 2. The minimum absolute atomic E-state index is 0.636. The number of anilines is 1. The van der Waals surface area contributed by atoms with Gasteiger partial charge in [-0.3, -0.25) is 0 Å². The molecule has 0 unspecified atom stereocenters. The van der Waals surface area contributed by atoms with E-state index in [4.69, 9.17) is 11.6 Å². The van der Waals surface area contributed by atoms with Gasteiger partial charge in [-0.1, -0.05) is 57.4 Å². The molecule has 124 valence electrons. The van der Waals surface area contributed by atoms with Crippen LogP contribution in [0.3, 0.4) is 0 Å². The topological polar surface area (TPSA) is 58.5 Å². The highest BCUT2D eigenvalue weighted by molar-refractivity contribution is 5.81. The van der Waals surface area contributed by atoms with Crippen LogP contribution in [0.1, 0.15) is 19.4 Å². The number of allylic oxidation sites excluding steroid dienone is 1. The Morgan fingerprint density at radius 3 is 2.30 bits per heavy atom. The third kappa shape index (κ3) is 3.66. The Morgan fingerprint density at radius 1 is 1.17 bits per heavy atom. The molecule has 0 bridgehead atoms. The monoisotopic (exact) mass is 312 g/mol. The molecule has 4 heteroatoms. The lowest BCUT2D eigenvalue weighted by Crippen LogP contribution is -2.32. The number of para-hydroxylation sites is 1. The van der Waals surface area contributed by atoms with Gasteiger partial charge in [-0.15, -0.1) is 0 Å². The summed E-state index contributed by atoms with van der Waals surface area (Å²) in [5, 5.41) is 1.54.